The third-order valence-electron chi connectivity index (χ3n) is 3.62. The third kappa shape index (κ3) is 5.24. The summed E-state index contributed by atoms with van der Waals surface area (Å²) in [6, 6.07) is 8.00. The Labute approximate surface area is 122 Å². The van der Waals surface area contributed by atoms with E-state index in [-0.39, 0.29) is 5.97 Å². The standard InChI is InChI=1S/C17H27NO2/c1-5-13(4)11-15(6-2)18-16-10-8-9-14(12-16)17(19)20-7-3/h8-10,12-13,15,18H,5-7,11H2,1-4H3. The van der Waals surface area contributed by atoms with Crippen LogP contribution < -0.4 is 5.32 Å². The molecule has 3 nitrogen and oxygen atoms in total. The normalized spacial score (nSPS) is 13.6. The van der Waals surface area contributed by atoms with Gasteiger partial charge in [0.15, 0.2) is 0 Å². The van der Waals surface area contributed by atoms with Crippen molar-refractivity contribution >= 4 is 11.7 Å². The van der Waals surface area contributed by atoms with Gasteiger partial charge in [0.25, 0.3) is 0 Å². The lowest BCUT2D eigenvalue weighted by Gasteiger charge is -2.21. The first-order chi connectivity index (χ1) is 9.60. The maximum absolute atomic E-state index is 11.7. The highest BCUT2D eigenvalue weighted by atomic mass is 16.5. The van der Waals surface area contributed by atoms with Gasteiger partial charge in [-0.25, -0.2) is 4.79 Å². The van der Waals surface area contributed by atoms with Crippen molar-refractivity contribution in [3.63, 3.8) is 0 Å². The van der Waals surface area contributed by atoms with E-state index in [4.69, 9.17) is 4.74 Å². The number of carbonyl (C=O) groups is 1. The van der Waals surface area contributed by atoms with Gasteiger partial charge in [-0.1, -0.05) is 33.3 Å². The van der Waals surface area contributed by atoms with Crippen molar-refractivity contribution in [3.05, 3.63) is 29.8 Å². The van der Waals surface area contributed by atoms with Gasteiger partial charge in [0.1, 0.15) is 0 Å². The lowest BCUT2D eigenvalue weighted by atomic mass is 9.97. The molecule has 1 rings (SSSR count). The van der Waals surface area contributed by atoms with Crippen LogP contribution in [0.2, 0.25) is 0 Å². The summed E-state index contributed by atoms with van der Waals surface area (Å²) in [6.07, 6.45) is 3.42. The molecule has 20 heavy (non-hydrogen) atoms. The number of esters is 1. The van der Waals surface area contributed by atoms with E-state index in [0.717, 1.165) is 18.5 Å². The summed E-state index contributed by atoms with van der Waals surface area (Å²) < 4.78 is 5.03. The lowest BCUT2D eigenvalue weighted by Crippen LogP contribution is -2.21. The second-order valence-electron chi connectivity index (χ2n) is 5.30. The van der Waals surface area contributed by atoms with E-state index in [0.29, 0.717) is 24.1 Å². The molecule has 0 amide bonds. The molecule has 0 fully saturated rings. The SMILES string of the molecule is CCOC(=O)c1cccc(NC(CC)CC(C)CC)c1. The molecule has 1 aromatic rings. The highest BCUT2D eigenvalue weighted by Gasteiger charge is 2.12. The van der Waals surface area contributed by atoms with Crippen molar-refractivity contribution in [2.75, 3.05) is 11.9 Å². The second-order valence-corrected chi connectivity index (χ2v) is 5.30. The van der Waals surface area contributed by atoms with Gasteiger partial charge in [-0.3, -0.25) is 0 Å². The van der Waals surface area contributed by atoms with Crippen molar-refractivity contribution < 1.29 is 9.53 Å². The number of nitrogens with one attached hydrogen (secondary N) is 1. The van der Waals surface area contributed by atoms with Crippen molar-refractivity contribution in [2.45, 2.75) is 53.0 Å². The lowest BCUT2D eigenvalue weighted by molar-refractivity contribution is 0.0526. The zero-order valence-electron chi connectivity index (χ0n) is 13.1. The summed E-state index contributed by atoms with van der Waals surface area (Å²) in [5.41, 5.74) is 1.60. The van der Waals surface area contributed by atoms with Crippen molar-refractivity contribution in [1.29, 1.82) is 0 Å². The first-order valence-electron chi connectivity index (χ1n) is 7.64. The fraction of sp³-hybridized carbons (Fsp3) is 0.588. The molecule has 0 aliphatic rings. The molecule has 0 aliphatic heterocycles. The summed E-state index contributed by atoms with van der Waals surface area (Å²) in [6.45, 7) is 8.91. The van der Waals surface area contributed by atoms with Crippen LogP contribution in [-0.2, 0) is 4.74 Å². The topological polar surface area (TPSA) is 38.3 Å². The van der Waals surface area contributed by atoms with Gasteiger partial charge in [-0.2, -0.15) is 0 Å². The van der Waals surface area contributed by atoms with Crippen LogP contribution in [0.25, 0.3) is 0 Å². The summed E-state index contributed by atoms with van der Waals surface area (Å²) in [5, 5.41) is 3.52. The molecule has 1 N–H and O–H groups in total. The maximum atomic E-state index is 11.7. The molecule has 0 bridgehead atoms. The molecule has 0 aromatic heterocycles. The third-order valence-corrected chi connectivity index (χ3v) is 3.62. The van der Waals surface area contributed by atoms with Crippen LogP contribution in [0.5, 0.6) is 0 Å². The maximum Gasteiger partial charge on any atom is 0.338 e. The Balaban J connectivity index is 2.71. The van der Waals surface area contributed by atoms with Crippen molar-refractivity contribution in [2.24, 2.45) is 5.92 Å². The Morgan fingerprint density at radius 2 is 2.00 bits per heavy atom. The molecule has 0 saturated carbocycles. The number of ether oxygens (including phenoxy) is 1. The van der Waals surface area contributed by atoms with Crippen LogP contribution in [0, 0.1) is 5.92 Å². The predicted molar refractivity (Wildman–Crippen MR) is 84.2 cm³/mol. The molecule has 112 valence electrons. The van der Waals surface area contributed by atoms with Gasteiger partial charge in [0.2, 0.25) is 0 Å². The highest BCUT2D eigenvalue weighted by molar-refractivity contribution is 5.90. The first kappa shape index (κ1) is 16.5. The first-order valence-corrected chi connectivity index (χ1v) is 7.64. The molecule has 0 heterocycles. The minimum atomic E-state index is -0.258. The van der Waals surface area contributed by atoms with Gasteiger partial charge < -0.3 is 10.1 Å². The van der Waals surface area contributed by atoms with Crippen LogP contribution in [0.15, 0.2) is 24.3 Å². The average Bonchev–Trinajstić information content (AvgIpc) is 2.46. The van der Waals surface area contributed by atoms with Crippen molar-refractivity contribution in [1.82, 2.24) is 0 Å². The fourth-order valence-corrected chi connectivity index (χ4v) is 2.17. The minimum absolute atomic E-state index is 0.258. The van der Waals surface area contributed by atoms with Crippen LogP contribution in [0.1, 0.15) is 57.3 Å². The summed E-state index contributed by atoms with van der Waals surface area (Å²) in [7, 11) is 0. The Bertz CT molecular complexity index is 417. The van der Waals surface area contributed by atoms with E-state index >= 15 is 0 Å². The number of rotatable bonds is 8. The van der Waals surface area contributed by atoms with E-state index in [9.17, 15) is 4.79 Å². The molecule has 1 aromatic carbocycles. The molecular weight excluding hydrogens is 250 g/mol. The largest absolute Gasteiger partial charge is 0.462 e. The van der Waals surface area contributed by atoms with Gasteiger partial charge in [-0.15, -0.1) is 0 Å². The molecule has 2 unspecified atom stereocenters. The van der Waals surface area contributed by atoms with E-state index in [2.05, 4.69) is 26.1 Å². The van der Waals surface area contributed by atoms with Gasteiger partial charge >= 0.3 is 5.97 Å². The summed E-state index contributed by atoms with van der Waals surface area (Å²) >= 11 is 0. The van der Waals surface area contributed by atoms with Gasteiger partial charge in [0, 0.05) is 11.7 Å². The Morgan fingerprint density at radius 1 is 1.25 bits per heavy atom. The number of anilines is 1. The molecule has 0 saturated heterocycles. The van der Waals surface area contributed by atoms with Crippen LogP contribution in [-0.4, -0.2) is 18.6 Å². The number of carbonyl (C=O) groups excluding carboxylic acids is 1. The van der Waals surface area contributed by atoms with E-state index < -0.39 is 0 Å². The second kappa shape index (κ2) is 8.62. The molecule has 0 aliphatic carbocycles. The quantitative estimate of drug-likeness (QED) is 0.711. The molecule has 0 spiro atoms. The van der Waals surface area contributed by atoms with Crippen LogP contribution in [0.3, 0.4) is 0 Å². The smallest absolute Gasteiger partial charge is 0.338 e. The Hall–Kier alpha value is -1.51. The van der Waals surface area contributed by atoms with Crippen molar-refractivity contribution in [3.8, 4) is 0 Å². The van der Waals surface area contributed by atoms with E-state index in [1.165, 1.54) is 6.42 Å². The fourth-order valence-electron chi connectivity index (χ4n) is 2.17. The molecule has 3 heteroatoms. The van der Waals surface area contributed by atoms with Crippen LogP contribution in [0.4, 0.5) is 5.69 Å². The number of benzene rings is 1. The minimum Gasteiger partial charge on any atom is -0.462 e. The number of hydrogen-bond acceptors (Lipinski definition) is 3. The summed E-state index contributed by atoms with van der Waals surface area (Å²) in [5.74, 6) is 0.451. The van der Waals surface area contributed by atoms with E-state index in [1.54, 1.807) is 6.07 Å². The predicted octanol–water partition coefficient (Wildman–Crippen LogP) is 4.49. The monoisotopic (exact) mass is 277 g/mol. The average molecular weight is 277 g/mol. The molecular formula is C17H27NO2. The molecule has 0 radical (unpaired) electrons. The van der Waals surface area contributed by atoms with Gasteiger partial charge in [0.05, 0.1) is 12.2 Å². The Kier molecular flexibility index (Phi) is 7.13. The van der Waals surface area contributed by atoms with Crippen LogP contribution >= 0.6 is 0 Å². The highest BCUT2D eigenvalue weighted by Crippen LogP contribution is 2.18. The zero-order chi connectivity index (χ0) is 15.0. The summed E-state index contributed by atoms with van der Waals surface area (Å²) in [4.78, 5) is 11.7. The van der Waals surface area contributed by atoms with E-state index in [1.807, 2.05) is 25.1 Å². The van der Waals surface area contributed by atoms with Gasteiger partial charge in [-0.05, 0) is 43.9 Å². The Morgan fingerprint density at radius 3 is 2.60 bits per heavy atom. The zero-order valence-corrected chi connectivity index (χ0v) is 13.1. The molecule has 2 atom stereocenters. The number of hydrogen-bond donors (Lipinski definition) is 1.